The second-order valence-corrected chi connectivity index (χ2v) is 17.6. The van der Waals surface area contributed by atoms with Gasteiger partial charge in [-0.1, -0.05) is 50.3 Å². The summed E-state index contributed by atoms with van der Waals surface area (Å²) in [5.74, 6) is -2.21. The van der Waals surface area contributed by atoms with E-state index in [1.165, 1.54) is 6.07 Å². The molecule has 0 bridgehead atoms. The van der Waals surface area contributed by atoms with Crippen molar-refractivity contribution >= 4 is 69.8 Å². The molecule has 4 heterocycles. The van der Waals surface area contributed by atoms with Crippen molar-refractivity contribution in [3.05, 3.63) is 88.5 Å². The normalized spacial score (nSPS) is 19.0. The molecular weight excluding hydrogens is 848 g/mol. The van der Waals surface area contributed by atoms with Crippen LogP contribution in [0.4, 0.5) is 30.2 Å². The van der Waals surface area contributed by atoms with Crippen LogP contribution in [0.3, 0.4) is 0 Å². The second-order valence-electron chi connectivity index (χ2n) is 17.2. The van der Waals surface area contributed by atoms with Crippen molar-refractivity contribution in [3.63, 3.8) is 0 Å². The number of alkyl halides is 3. The molecule has 0 aliphatic carbocycles. The number of imide groups is 2. The van der Waals surface area contributed by atoms with Gasteiger partial charge in [-0.3, -0.25) is 43.9 Å². The number of rotatable bonds is 15. The number of nitriles is 1. The molecule has 0 radical (unpaired) electrons. The molecule has 17 heteroatoms. The van der Waals surface area contributed by atoms with Crippen LogP contribution in [0, 0.1) is 11.3 Å². The van der Waals surface area contributed by atoms with E-state index in [1.807, 2.05) is 29.2 Å². The number of hydrogen-bond donors (Lipinski definition) is 2. The van der Waals surface area contributed by atoms with Crippen LogP contribution in [0.15, 0.2) is 60.7 Å². The molecule has 7 rings (SSSR count). The third kappa shape index (κ3) is 9.24. The molecule has 2 N–H and O–H groups in total. The van der Waals surface area contributed by atoms with Gasteiger partial charge in [0.2, 0.25) is 17.7 Å². The number of unbranched alkanes of at least 4 members (excludes halogenated alkanes) is 6. The Bertz CT molecular complexity index is 2410. The van der Waals surface area contributed by atoms with Crippen molar-refractivity contribution in [2.24, 2.45) is 0 Å². The summed E-state index contributed by atoms with van der Waals surface area (Å²) in [4.78, 5) is 82.7. The highest BCUT2D eigenvalue weighted by molar-refractivity contribution is 7.81. The number of benzene rings is 3. The molecule has 3 saturated heterocycles. The summed E-state index contributed by atoms with van der Waals surface area (Å²) in [7, 11) is 0. The molecule has 13 nitrogen and oxygen atoms in total. The molecule has 1 atom stereocenters. The van der Waals surface area contributed by atoms with Crippen molar-refractivity contribution in [2.45, 2.75) is 115 Å². The summed E-state index contributed by atoms with van der Waals surface area (Å²) in [6, 6.07) is 16.4. The molecule has 4 aliphatic heterocycles. The van der Waals surface area contributed by atoms with Crippen molar-refractivity contribution in [2.75, 3.05) is 34.8 Å². The molecule has 336 valence electrons. The molecule has 1 unspecified atom stereocenters. The van der Waals surface area contributed by atoms with Gasteiger partial charge in [0.05, 0.1) is 34.0 Å². The molecule has 0 aromatic heterocycles. The fourth-order valence-corrected chi connectivity index (χ4v) is 9.67. The van der Waals surface area contributed by atoms with Gasteiger partial charge >= 0.3 is 6.18 Å². The average molecular weight is 898 g/mol. The first-order valence-electron chi connectivity index (χ1n) is 21.8. The Morgan fingerprint density at radius 1 is 0.875 bits per heavy atom. The van der Waals surface area contributed by atoms with Crippen molar-refractivity contribution in [3.8, 4) is 6.07 Å². The van der Waals surface area contributed by atoms with Gasteiger partial charge < -0.3 is 15.1 Å². The summed E-state index contributed by atoms with van der Waals surface area (Å²) in [5.41, 5.74) is -0.166. The molecule has 4 aliphatic rings. The minimum Gasteiger partial charge on any atom is -0.384 e. The summed E-state index contributed by atoms with van der Waals surface area (Å²) in [6.07, 6.45) is 4.24. The average Bonchev–Trinajstić information content (AvgIpc) is 3.63. The predicted octanol–water partition coefficient (Wildman–Crippen LogP) is 7.83. The summed E-state index contributed by atoms with van der Waals surface area (Å²) in [5, 5.41) is 14.8. The fourth-order valence-electron chi connectivity index (χ4n) is 9.15. The third-order valence-corrected chi connectivity index (χ3v) is 13.0. The quantitative estimate of drug-likeness (QED) is 0.0874. The van der Waals surface area contributed by atoms with Gasteiger partial charge in [-0.05, 0) is 112 Å². The van der Waals surface area contributed by atoms with Crippen LogP contribution in [0.5, 0.6) is 0 Å². The van der Waals surface area contributed by atoms with Gasteiger partial charge in [0.15, 0.2) is 5.11 Å². The number of amides is 6. The molecule has 0 saturated carbocycles. The first-order chi connectivity index (χ1) is 30.5. The molecule has 64 heavy (non-hydrogen) atoms. The smallest absolute Gasteiger partial charge is 0.384 e. The lowest BCUT2D eigenvalue weighted by Gasteiger charge is -2.33. The van der Waals surface area contributed by atoms with Gasteiger partial charge in [0.1, 0.15) is 11.6 Å². The number of likely N-dealkylation sites (tertiary alicyclic amines) is 1. The Hall–Kier alpha value is -6.15. The number of hydrogen-bond acceptors (Lipinski definition) is 9. The number of piperidine rings is 2. The maximum absolute atomic E-state index is 13.7. The molecule has 3 aromatic carbocycles. The highest BCUT2D eigenvalue weighted by Crippen LogP contribution is 2.41. The Balaban J connectivity index is 0.795. The minimum absolute atomic E-state index is 0.0357. The molecule has 6 amide bonds. The second kappa shape index (κ2) is 18.9. The SMILES string of the molecule is CC1(C)C(=O)N(c2ccc(C#N)c(C(F)(F)F)c2)C(=S)N1c1ccc(C2CCN(C(=O)CCCCCCCCCNc3cccc4c3C(=O)N(C3CCC(=O)NC3=O)C4=O)CC2)cc1. The highest BCUT2D eigenvalue weighted by atomic mass is 32.1. The monoisotopic (exact) mass is 897 g/mol. The maximum Gasteiger partial charge on any atom is 0.417 e. The fraction of sp³-hybridized carbons (Fsp3) is 0.447. The van der Waals surface area contributed by atoms with Crippen LogP contribution in [0.1, 0.15) is 134 Å². The molecule has 0 spiro atoms. The Labute approximate surface area is 374 Å². The largest absolute Gasteiger partial charge is 0.417 e. The number of nitrogens with zero attached hydrogens (tertiary/aromatic N) is 5. The summed E-state index contributed by atoms with van der Waals surface area (Å²) < 4.78 is 41.2. The number of halogens is 3. The van der Waals surface area contributed by atoms with Crippen molar-refractivity contribution in [1.82, 2.24) is 15.1 Å². The Morgan fingerprint density at radius 2 is 1.53 bits per heavy atom. The van der Waals surface area contributed by atoms with Crippen LogP contribution in [0.25, 0.3) is 0 Å². The zero-order chi connectivity index (χ0) is 45.9. The van der Waals surface area contributed by atoms with E-state index >= 15 is 0 Å². The van der Waals surface area contributed by atoms with E-state index in [9.17, 15) is 47.2 Å². The van der Waals surface area contributed by atoms with Crippen LogP contribution < -0.4 is 20.4 Å². The van der Waals surface area contributed by atoms with Crippen LogP contribution in [-0.4, -0.2) is 81.6 Å². The van der Waals surface area contributed by atoms with Gasteiger partial charge in [0.25, 0.3) is 17.7 Å². The summed E-state index contributed by atoms with van der Waals surface area (Å²) in [6.45, 7) is 5.25. The van der Waals surface area contributed by atoms with Crippen molar-refractivity contribution < 1.29 is 41.9 Å². The molecule has 3 fully saturated rings. The molecule has 3 aromatic rings. The van der Waals surface area contributed by atoms with E-state index in [1.54, 1.807) is 43.0 Å². The maximum atomic E-state index is 13.7. The van der Waals surface area contributed by atoms with Crippen LogP contribution in [-0.2, 0) is 25.4 Å². The predicted molar refractivity (Wildman–Crippen MR) is 236 cm³/mol. The topological polar surface area (TPSA) is 163 Å². The van der Waals surface area contributed by atoms with E-state index in [0.29, 0.717) is 37.4 Å². The van der Waals surface area contributed by atoms with E-state index in [-0.39, 0.29) is 46.6 Å². The van der Waals surface area contributed by atoms with Crippen LogP contribution >= 0.6 is 12.2 Å². The van der Waals surface area contributed by atoms with Gasteiger partial charge in [-0.25, -0.2) is 0 Å². The highest BCUT2D eigenvalue weighted by Gasteiger charge is 2.51. The van der Waals surface area contributed by atoms with Gasteiger partial charge in [0, 0.05) is 43.9 Å². The lowest BCUT2D eigenvalue weighted by molar-refractivity contribution is -0.138. The third-order valence-electron chi connectivity index (χ3n) is 12.7. The number of carbonyl (C=O) groups is 6. The Morgan fingerprint density at radius 3 is 2.19 bits per heavy atom. The van der Waals surface area contributed by atoms with E-state index in [2.05, 4.69) is 10.6 Å². The first-order valence-corrected chi connectivity index (χ1v) is 22.2. The van der Waals surface area contributed by atoms with Gasteiger partial charge in [-0.15, -0.1) is 0 Å². The van der Waals surface area contributed by atoms with Gasteiger partial charge in [-0.2, -0.15) is 18.4 Å². The van der Waals surface area contributed by atoms with Crippen LogP contribution in [0.2, 0.25) is 0 Å². The zero-order valence-corrected chi connectivity index (χ0v) is 36.6. The Kier molecular flexibility index (Phi) is 13.5. The van der Waals surface area contributed by atoms with E-state index in [4.69, 9.17) is 12.2 Å². The number of carbonyl (C=O) groups excluding carboxylic acids is 6. The van der Waals surface area contributed by atoms with Crippen molar-refractivity contribution in [1.29, 1.82) is 5.26 Å². The lowest BCUT2D eigenvalue weighted by atomic mass is 9.89. The minimum atomic E-state index is -4.79. The summed E-state index contributed by atoms with van der Waals surface area (Å²) >= 11 is 5.68. The van der Waals surface area contributed by atoms with E-state index < -0.39 is 58.4 Å². The zero-order valence-electron chi connectivity index (χ0n) is 35.8. The standard InChI is InChI=1S/C47H50F3N7O6S/c1-46(2)44(63)55(33-19-16-31(28-51)35(27-33)47(48,49)50)45(64)57(46)32-17-14-29(15-18-32)30-22-25-54(26-23-30)39(59)13-8-6-4-3-5-7-9-24-52-36-12-10-11-34-40(36)43(62)56(42(34)61)37-20-21-38(58)53-41(37)60/h10-12,14-19,27,30,37,52H,3-9,13,20-26H2,1-2H3,(H,53,58,60). The number of fused-ring (bicyclic) bond motifs is 1. The molecular formula is C47H50F3N7O6S. The number of thiocarbonyl (C=S) groups is 1. The number of nitrogens with one attached hydrogen (secondary N) is 2. The lowest BCUT2D eigenvalue weighted by Crippen LogP contribution is -2.54. The van der Waals surface area contributed by atoms with E-state index in [0.717, 1.165) is 85.3 Å². The first kappa shape index (κ1) is 45.9. The number of anilines is 3.